The summed E-state index contributed by atoms with van der Waals surface area (Å²) in [7, 11) is 0. The van der Waals surface area contributed by atoms with E-state index in [1.807, 2.05) is 0 Å². The molecule has 0 saturated heterocycles. The number of carboxylic acids is 1. The number of carbonyl (C=O) groups is 2. The van der Waals surface area contributed by atoms with Gasteiger partial charge in [0, 0.05) is 6.42 Å². The van der Waals surface area contributed by atoms with Crippen molar-refractivity contribution in [2.75, 3.05) is 0 Å². The zero-order valence-corrected chi connectivity index (χ0v) is 24.6. The standard InChI is InChI=1S/C34H60O3/c1-3-5-7-9-11-13-15-17-19-20-22-24-26-28-30-32(34(36)37)33(35)31-29-27-25-23-21-18-16-14-12-10-8-6-4-2/h5,7,11,13,17,19,32H,3-4,6,8-10,12,14-16,18,20-31H2,1-2H3,(H,36,37)/b7-5-,13-11-,19-17-. The van der Waals surface area contributed by atoms with Crippen LogP contribution in [0.3, 0.4) is 0 Å². The summed E-state index contributed by atoms with van der Waals surface area (Å²) in [5, 5.41) is 9.51. The number of hydrogen-bond donors (Lipinski definition) is 1. The minimum atomic E-state index is -0.930. The molecule has 0 bridgehead atoms. The maximum atomic E-state index is 12.5. The van der Waals surface area contributed by atoms with Gasteiger partial charge in [-0.3, -0.25) is 9.59 Å². The molecule has 1 atom stereocenters. The van der Waals surface area contributed by atoms with Crippen molar-refractivity contribution in [3.8, 4) is 0 Å². The number of Topliss-reactive ketones (excluding diaryl/α,β-unsaturated/α-hetero) is 1. The molecule has 0 rings (SSSR count). The lowest BCUT2D eigenvalue weighted by Gasteiger charge is -2.11. The fraction of sp³-hybridized carbons (Fsp3) is 0.765. The molecule has 0 spiro atoms. The lowest BCUT2D eigenvalue weighted by atomic mass is 9.93. The molecule has 3 heteroatoms. The highest BCUT2D eigenvalue weighted by atomic mass is 16.4. The number of aliphatic carboxylic acids is 1. The molecular weight excluding hydrogens is 456 g/mol. The number of carbonyl (C=O) groups excluding carboxylic acids is 1. The van der Waals surface area contributed by atoms with Crippen LogP contribution in [0.5, 0.6) is 0 Å². The molecule has 0 aliphatic heterocycles. The van der Waals surface area contributed by atoms with Crippen molar-refractivity contribution >= 4 is 11.8 Å². The Kier molecular flexibility index (Phi) is 27.6. The van der Waals surface area contributed by atoms with E-state index < -0.39 is 11.9 Å². The highest BCUT2D eigenvalue weighted by Gasteiger charge is 2.24. The molecular formula is C34H60O3. The molecule has 214 valence electrons. The largest absolute Gasteiger partial charge is 0.481 e. The van der Waals surface area contributed by atoms with Crippen LogP contribution in [0.1, 0.15) is 162 Å². The van der Waals surface area contributed by atoms with Crippen LogP contribution in [0.25, 0.3) is 0 Å². The van der Waals surface area contributed by atoms with Crippen molar-refractivity contribution in [2.24, 2.45) is 5.92 Å². The van der Waals surface area contributed by atoms with Crippen molar-refractivity contribution in [3.05, 3.63) is 36.5 Å². The molecule has 0 radical (unpaired) electrons. The molecule has 0 heterocycles. The topological polar surface area (TPSA) is 54.4 Å². The Morgan fingerprint density at radius 2 is 1.03 bits per heavy atom. The molecule has 0 fully saturated rings. The fourth-order valence-electron chi connectivity index (χ4n) is 4.70. The second-order valence-corrected chi connectivity index (χ2v) is 10.6. The first-order valence-corrected chi connectivity index (χ1v) is 15.8. The van der Waals surface area contributed by atoms with Crippen LogP contribution >= 0.6 is 0 Å². The van der Waals surface area contributed by atoms with E-state index in [0.29, 0.717) is 12.8 Å². The average Bonchev–Trinajstić information content (AvgIpc) is 2.88. The van der Waals surface area contributed by atoms with E-state index in [2.05, 4.69) is 50.3 Å². The zero-order chi connectivity index (χ0) is 27.2. The summed E-state index contributed by atoms with van der Waals surface area (Å²) < 4.78 is 0. The summed E-state index contributed by atoms with van der Waals surface area (Å²) in [6.07, 6.45) is 39.0. The predicted octanol–water partition coefficient (Wildman–Crippen LogP) is 10.9. The van der Waals surface area contributed by atoms with Gasteiger partial charge < -0.3 is 5.11 Å². The lowest BCUT2D eigenvalue weighted by molar-refractivity contribution is -0.146. The SMILES string of the molecule is CC/C=C\C/C=C\C/C=C\CCCCCCC(C(=O)O)C(=O)CCCCCCCCCCCCCCC. The third kappa shape index (κ3) is 25.8. The summed E-state index contributed by atoms with van der Waals surface area (Å²) >= 11 is 0. The molecule has 3 nitrogen and oxygen atoms in total. The van der Waals surface area contributed by atoms with Crippen LogP contribution < -0.4 is 0 Å². The number of allylic oxidation sites excluding steroid dienone is 6. The summed E-state index contributed by atoms with van der Waals surface area (Å²) in [6.45, 7) is 4.41. The highest BCUT2D eigenvalue weighted by Crippen LogP contribution is 2.18. The first-order valence-electron chi connectivity index (χ1n) is 15.8. The van der Waals surface area contributed by atoms with Gasteiger partial charge in [-0.1, -0.05) is 147 Å². The average molecular weight is 517 g/mol. The minimum absolute atomic E-state index is 0.0586. The van der Waals surface area contributed by atoms with E-state index in [1.54, 1.807) is 0 Å². The number of rotatable bonds is 28. The van der Waals surface area contributed by atoms with Gasteiger partial charge in [0.25, 0.3) is 0 Å². The molecule has 0 aromatic heterocycles. The summed E-state index contributed by atoms with van der Waals surface area (Å²) in [5.74, 6) is -1.78. The molecule has 1 unspecified atom stereocenters. The Morgan fingerprint density at radius 3 is 1.57 bits per heavy atom. The van der Waals surface area contributed by atoms with Gasteiger partial charge in [-0.25, -0.2) is 0 Å². The van der Waals surface area contributed by atoms with Crippen LogP contribution in [0.4, 0.5) is 0 Å². The van der Waals surface area contributed by atoms with E-state index in [9.17, 15) is 14.7 Å². The number of unbranched alkanes of at least 4 members (excludes halogenated alkanes) is 16. The normalized spacial score (nSPS) is 12.8. The van der Waals surface area contributed by atoms with E-state index in [0.717, 1.165) is 64.2 Å². The van der Waals surface area contributed by atoms with E-state index >= 15 is 0 Å². The van der Waals surface area contributed by atoms with Crippen LogP contribution in [-0.4, -0.2) is 16.9 Å². The first kappa shape index (κ1) is 35.4. The smallest absolute Gasteiger partial charge is 0.314 e. The van der Waals surface area contributed by atoms with Gasteiger partial charge in [0.05, 0.1) is 0 Å². The van der Waals surface area contributed by atoms with E-state index in [4.69, 9.17) is 0 Å². The lowest BCUT2D eigenvalue weighted by Crippen LogP contribution is -2.23. The summed E-state index contributed by atoms with van der Waals surface area (Å²) in [6, 6.07) is 0. The van der Waals surface area contributed by atoms with E-state index in [-0.39, 0.29) is 5.78 Å². The molecule has 0 aliphatic carbocycles. The van der Waals surface area contributed by atoms with Gasteiger partial charge in [-0.2, -0.15) is 0 Å². The van der Waals surface area contributed by atoms with Gasteiger partial charge in [-0.15, -0.1) is 0 Å². The van der Waals surface area contributed by atoms with Crippen molar-refractivity contribution < 1.29 is 14.7 Å². The molecule has 0 aromatic carbocycles. The Morgan fingerprint density at radius 1 is 0.568 bits per heavy atom. The maximum absolute atomic E-state index is 12.5. The van der Waals surface area contributed by atoms with Crippen LogP contribution in [0, 0.1) is 5.92 Å². The third-order valence-electron chi connectivity index (χ3n) is 7.11. The van der Waals surface area contributed by atoms with E-state index in [1.165, 1.54) is 70.6 Å². The summed E-state index contributed by atoms with van der Waals surface area (Å²) in [4.78, 5) is 24.1. The van der Waals surface area contributed by atoms with Crippen LogP contribution in [0.15, 0.2) is 36.5 Å². The van der Waals surface area contributed by atoms with Gasteiger partial charge >= 0.3 is 5.97 Å². The Hall–Kier alpha value is -1.64. The van der Waals surface area contributed by atoms with Gasteiger partial charge in [0.15, 0.2) is 0 Å². The quantitative estimate of drug-likeness (QED) is 0.0639. The molecule has 0 amide bonds. The second-order valence-electron chi connectivity index (χ2n) is 10.6. The molecule has 0 saturated carbocycles. The molecule has 37 heavy (non-hydrogen) atoms. The highest BCUT2D eigenvalue weighted by molar-refractivity contribution is 5.98. The number of hydrogen-bond acceptors (Lipinski definition) is 2. The Bertz CT molecular complexity index is 602. The van der Waals surface area contributed by atoms with Crippen molar-refractivity contribution in [3.63, 3.8) is 0 Å². The van der Waals surface area contributed by atoms with Gasteiger partial charge in [-0.05, 0) is 44.9 Å². The van der Waals surface area contributed by atoms with Crippen LogP contribution in [-0.2, 0) is 9.59 Å². The monoisotopic (exact) mass is 516 g/mol. The number of carboxylic acid groups (broad SMARTS) is 1. The zero-order valence-electron chi connectivity index (χ0n) is 24.6. The second kappa shape index (κ2) is 28.9. The van der Waals surface area contributed by atoms with Crippen molar-refractivity contribution in [2.45, 2.75) is 162 Å². The fourth-order valence-corrected chi connectivity index (χ4v) is 4.70. The Labute approximate surface area is 230 Å². The Balaban J connectivity index is 3.68. The van der Waals surface area contributed by atoms with Crippen LogP contribution in [0.2, 0.25) is 0 Å². The van der Waals surface area contributed by atoms with Gasteiger partial charge in [0.1, 0.15) is 11.7 Å². The molecule has 0 aliphatic rings. The first-order chi connectivity index (χ1) is 18.1. The number of ketones is 1. The molecule has 1 N–H and O–H groups in total. The van der Waals surface area contributed by atoms with Crippen molar-refractivity contribution in [1.29, 1.82) is 0 Å². The molecule has 0 aromatic rings. The third-order valence-corrected chi connectivity index (χ3v) is 7.11. The minimum Gasteiger partial charge on any atom is -0.481 e. The van der Waals surface area contributed by atoms with Gasteiger partial charge in [0.2, 0.25) is 0 Å². The maximum Gasteiger partial charge on any atom is 0.314 e. The van der Waals surface area contributed by atoms with Crippen molar-refractivity contribution in [1.82, 2.24) is 0 Å². The predicted molar refractivity (Wildman–Crippen MR) is 161 cm³/mol. The summed E-state index contributed by atoms with van der Waals surface area (Å²) in [5.41, 5.74) is 0.